The summed E-state index contributed by atoms with van der Waals surface area (Å²) in [5.74, 6) is -0.127. The highest BCUT2D eigenvalue weighted by Gasteiger charge is 2.43. The van der Waals surface area contributed by atoms with Gasteiger partial charge in [-0.1, -0.05) is 11.8 Å². The van der Waals surface area contributed by atoms with E-state index in [2.05, 4.69) is 9.97 Å². The van der Waals surface area contributed by atoms with Gasteiger partial charge in [0.05, 0.1) is 12.7 Å². The van der Waals surface area contributed by atoms with Crippen molar-refractivity contribution < 1.29 is 23.0 Å². The molecule has 2 aliphatic rings. The van der Waals surface area contributed by atoms with E-state index < -0.39 is 12.7 Å². The lowest BCUT2D eigenvalue weighted by atomic mass is 10.1. The van der Waals surface area contributed by atoms with Gasteiger partial charge >= 0.3 is 0 Å². The van der Waals surface area contributed by atoms with Crippen LogP contribution in [0.25, 0.3) is 0 Å². The number of carbonyl (C=O) groups is 1. The summed E-state index contributed by atoms with van der Waals surface area (Å²) in [6.45, 7) is 1.97. The number of aryl methyl sites for hydroxylation is 1. The van der Waals surface area contributed by atoms with Crippen molar-refractivity contribution in [2.45, 2.75) is 42.6 Å². The van der Waals surface area contributed by atoms with E-state index in [1.807, 2.05) is 0 Å². The van der Waals surface area contributed by atoms with E-state index in [1.54, 1.807) is 6.92 Å². The average molecular weight is 302 g/mol. The number of ketones is 1. The number of hydrogen-bond donors (Lipinski definition) is 0. The molecule has 0 amide bonds. The standard InChI is InChI=1S/C12H12F2N2O3S/c1-5-2-6(10(13)14)16-12(15-5)20-9-3-7(17)11-18-4-8(9)19-11/h2,8-11H,3-4H2,1H3/t8-,9-,11+/m0/s1. The SMILES string of the molecule is Cc1cc(C(F)F)nc(S[C@H]2CC(=O)[C@@H]3OC[C@@H]2O3)n1. The molecule has 2 saturated heterocycles. The Morgan fingerprint density at radius 2 is 2.25 bits per heavy atom. The van der Waals surface area contributed by atoms with Crippen LogP contribution in [-0.2, 0) is 14.3 Å². The Morgan fingerprint density at radius 1 is 1.45 bits per heavy atom. The van der Waals surface area contributed by atoms with Crippen molar-refractivity contribution in [2.24, 2.45) is 0 Å². The molecule has 0 spiro atoms. The molecule has 108 valence electrons. The van der Waals surface area contributed by atoms with E-state index in [0.717, 1.165) is 0 Å². The number of thioether (sulfide) groups is 1. The van der Waals surface area contributed by atoms with Gasteiger partial charge in [-0.25, -0.2) is 18.7 Å². The molecular formula is C12H12F2N2O3S. The van der Waals surface area contributed by atoms with Crippen LogP contribution in [0, 0.1) is 6.92 Å². The second-order valence-electron chi connectivity index (χ2n) is 4.68. The Balaban J connectivity index is 1.79. The maximum Gasteiger partial charge on any atom is 0.280 e. The van der Waals surface area contributed by atoms with Gasteiger partial charge in [0.15, 0.2) is 10.9 Å². The second-order valence-corrected chi connectivity index (χ2v) is 5.89. The summed E-state index contributed by atoms with van der Waals surface area (Å²) < 4.78 is 36.0. The first-order valence-corrected chi connectivity index (χ1v) is 7.01. The highest BCUT2D eigenvalue weighted by Crippen LogP contribution is 2.35. The number of hydrogen-bond acceptors (Lipinski definition) is 6. The third-order valence-electron chi connectivity index (χ3n) is 3.12. The minimum absolute atomic E-state index is 0.127. The van der Waals surface area contributed by atoms with Crippen LogP contribution in [0.3, 0.4) is 0 Å². The molecule has 0 aromatic carbocycles. The molecule has 0 saturated carbocycles. The summed E-state index contributed by atoms with van der Waals surface area (Å²) in [6, 6.07) is 1.26. The zero-order valence-corrected chi connectivity index (χ0v) is 11.4. The predicted octanol–water partition coefficient (Wildman–Crippen LogP) is 1.90. The maximum atomic E-state index is 12.7. The fourth-order valence-electron chi connectivity index (χ4n) is 2.19. The van der Waals surface area contributed by atoms with Gasteiger partial charge in [0.1, 0.15) is 5.69 Å². The van der Waals surface area contributed by atoms with E-state index in [4.69, 9.17) is 9.47 Å². The summed E-state index contributed by atoms with van der Waals surface area (Å²) in [7, 11) is 0. The van der Waals surface area contributed by atoms with Gasteiger partial charge in [-0.05, 0) is 13.0 Å². The minimum Gasteiger partial charge on any atom is -0.343 e. The van der Waals surface area contributed by atoms with Gasteiger partial charge in [-0.2, -0.15) is 0 Å². The van der Waals surface area contributed by atoms with Crippen LogP contribution in [-0.4, -0.2) is 40.0 Å². The predicted molar refractivity (Wildman–Crippen MR) is 65.6 cm³/mol. The zero-order chi connectivity index (χ0) is 14.3. The number of carbonyl (C=O) groups excluding carboxylic acids is 1. The van der Waals surface area contributed by atoms with Crippen LogP contribution in [0.15, 0.2) is 11.2 Å². The van der Waals surface area contributed by atoms with Gasteiger partial charge in [0, 0.05) is 17.4 Å². The first kappa shape index (κ1) is 13.8. The van der Waals surface area contributed by atoms with Crippen LogP contribution >= 0.6 is 11.8 Å². The molecule has 20 heavy (non-hydrogen) atoms. The van der Waals surface area contributed by atoms with Crippen LogP contribution in [0.4, 0.5) is 8.78 Å². The average Bonchev–Trinajstić information content (AvgIpc) is 2.81. The molecule has 3 atom stereocenters. The summed E-state index contributed by atoms with van der Waals surface area (Å²) in [5.41, 5.74) is 0.171. The molecule has 5 nitrogen and oxygen atoms in total. The third kappa shape index (κ3) is 2.68. The van der Waals surface area contributed by atoms with Crippen LogP contribution in [0.2, 0.25) is 0 Å². The van der Waals surface area contributed by atoms with Crippen molar-refractivity contribution in [2.75, 3.05) is 6.61 Å². The van der Waals surface area contributed by atoms with Gasteiger partial charge < -0.3 is 9.47 Å². The fourth-order valence-corrected chi connectivity index (χ4v) is 3.36. The van der Waals surface area contributed by atoms with Crippen molar-refractivity contribution in [1.29, 1.82) is 0 Å². The van der Waals surface area contributed by atoms with Gasteiger partial charge in [0.2, 0.25) is 6.29 Å². The first-order valence-electron chi connectivity index (χ1n) is 6.13. The molecule has 0 N–H and O–H groups in total. The lowest BCUT2D eigenvalue weighted by Crippen LogP contribution is -2.37. The second kappa shape index (κ2) is 5.34. The van der Waals surface area contributed by atoms with E-state index in [9.17, 15) is 13.6 Å². The van der Waals surface area contributed by atoms with Gasteiger partial charge in [-0.15, -0.1) is 0 Å². The molecule has 0 unspecified atom stereocenters. The Labute approximate surface area is 118 Å². The van der Waals surface area contributed by atoms with E-state index in [1.165, 1.54) is 17.8 Å². The molecule has 2 bridgehead atoms. The Bertz CT molecular complexity index is 543. The van der Waals surface area contributed by atoms with E-state index in [0.29, 0.717) is 12.3 Å². The smallest absolute Gasteiger partial charge is 0.280 e. The fraction of sp³-hybridized carbons (Fsp3) is 0.583. The van der Waals surface area contributed by atoms with Crippen LogP contribution in [0.1, 0.15) is 24.2 Å². The highest BCUT2D eigenvalue weighted by molar-refractivity contribution is 7.99. The summed E-state index contributed by atoms with van der Waals surface area (Å²) in [6.07, 6.45) is -3.34. The van der Waals surface area contributed by atoms with Gasteiger partial charge in [-0.3, -0.25) is 4.79 Å². The molecule has 2 aliphatic heterocycles. The Kier molecular flexibility index (Phi) is 3.70. The largest absolute Gasteiger partial charge is 0.343 e. The highest BCUT2D eigenvalue weighted by atomic mass is 32.2. The number of fused-ring (bicyclic) bond motifs is 2. The zero-order valence-electron chi connectivity index (χ0n) is 10.6. The Morgan fingerprint density at radius 3 is 3.00 bits per heavy atom. The quantitative estimate of drug-likeness (QED) is 0.795. The number of aromatic nitrogens is 2. The molecule has 1 aromatic rings. The summed E-state index contributed by atoms with van der Waals surface area (Å²) >= 11 is 1.19. The lowest BCUT2D eigenvalue weighted by molar-refractivity contribution is -0.151. The normalized spacial score (nSPS) is 29.2. The molecule has 2 fully saturated rings. The number of Topliss-reactive ketones (excluding diaryl/α,β-unsaturated/α-hetero) is 1. The summed E-state index contributed by atoms with van der Waals surface area (Å²) in [5, 5.41) is 0.0422. The molecule has 0 radical (unpaired) electrons. The number of rotatable bonds is 3. The lowest BCUT2D eigenvalue weighted by Gasteiger charge is -2.25. The minimum atomic E-state index is -2.64. The first-order chi connectivity index (χ1) is 9.52. The number of halogens is 2. The van der Waals surface area contributed by atoms with Crippen molar-refractivity contribution in [1.82, 2.24) is 9.97 Å². The van der Waals surface area contributed by atoms with Crippen LogP contribution < -0.4 is 0 Å². The monoisotopic (exact) mass is 302 g/mol. The van der Waals surface area contributed by atoms with Crippen molar-refractivity contribution in [3.8, 4) is 0 Å². The number of ether oxygens (including phenoxy) is 2. The van der Waals surface area contributed by atoms with Crippen molar-refractivity contribution in [3.05, 3.63) is 17.5 Å². The van der Waals surface area contributed by atoms with Gasteiger partial charge in [0.25, 0.3) is 6.43 Å². The number of nitrogens with zero attached hydrogens (tertiary/aromatic N) is 2. The van der Waals surface area contributed by atoms with Crippen molar-refractivity contribution in [3.63, 3.8) is 0 Å². The van der Waals surface area contributed by atoms with Crippen molar-refractivity contribution >= 4 is 17.5 Å². The van der Waals surface area contributed by atoms with E-state index >= 15 is 0 Å². The van der Waals surface area contributed by atoms with Crippen LogP contribution in [0.5, 0.6) is 0 Å². The summed E-state index contributed by atoms with van der Waals surface area (Å²) in [4.78, 5) is 19.6. The third-order valence-corrected chi connectivity index (χ3v) is 4.29. The molecule has 1 aromatic heterocycles. The molecule has 3 heterocycles. The van der Waals surface area contributed by atoms with E-state index in [-0.39, 0.29) is 34.4 Å². The molecule has 8 heteroatoms. The number of alkyl halides is 2. The topological polar surface area (TPSA) is 61.3 Å². The molecule has 3 rings (SSSR count). The molecule has 0 aliphatic carbocycles. The molecular weight excluding hydrogens is 290 g/mol. The maximum absolute atomic E-state index is 12.7. The Hall–Kier alpha value is -1.12.